The van der Waals surface area contributed by atoms with Crippen molar-refractivity contribution < 1.29 is 14.3 Å². The zero-order valence-electron chi connectivity index (χ0n) is 17.4. The summed E-state index contributed by atoms with van der Waals surface area (Å²) in [5, 5.41) is 0.671. The number of amides is 1. The Labute approximate surface area is 192 Å². The molecule has 4 aliphatic rings. The molecule has 1 unspecified atom stereocenters. The monoisotopic (exact) mass is 446 g/mol. The molecule has 32 heavy (non-hydrogen) atoms. The number of halogens is 1. The minimum atomic E-state index is -0.638. The van der Waals surface area contributed by atoms with Crippen LogP contribution in [0.3, 0.4) is 0 Å². The largest absolute Gasteiger partial charge is 0.347 e. The third-order valence-electron chi connectivity index (χ3n) is 6.65. The smallest absolute Gasteiger partial charge is 0.255 e. The van der Waals surface area contributed by atoms with Crippen molar-refractivity contribution in [3.8, 4) is 0 Å². The highest BCUT2D eigenvalue weighted by atomic mass is 35.5. The molecule has 1 amide bonds. The summed E-state index contributed by atoms with van der Waals surface area (Å²) in [4.78, 5) is 18.1. The SMILES string of the molecule is O=C1[C@H]2O[C@H]3OC[C@@H](c4ccccc4)N1C3N(Cc1ccccc1)[C@@H]2c1ccc(Cl)cc1. The van der Waals surface area contributed by atoms with Gasteiger partial charge in [-0.1, -0.05) is 84.4 Å². The van der Waals surface area contributed by atoms with Gasteiger partial charge < -0.3 is 14.4 Å². The molecule has 0 saturated carbocycles. The highest BCUT2D eigenvalue weighted by molar-refractivity contribution is 6.30. The van der Waals surface area contributed by atoms with Gasteiger partial charge in [0.2, 0.25) is 0 Å². The molecule has 0 spiro atoms. The summed E-state index contributed by atoms with van der Waals surface area (Å²) in [7, 11) is 0. The predicted molar refractivity (Wildman–Crippen MR) is 121 cm³/mol. The van der Waals surface area contributed by atoms with Crippen LogP contribution in [0.1, 0.15) is 28.8 Å². The van der Waals surface area contributed by atoms with Crippen LogP contribution in [0.4, 0.5) is 0 Å². The fraction of sp³-hybridized carbons (Fsp3) is 0.269. The molecule has 0 aromatic heterocycles. The molecular weight excluding hydrogens is 424 g/mol. The summed E-state index contributed by atoms with van der Waals surface area (Å²) in [6.45, 7) is 1.11. The molecule has 162 valence electrons. The van der Waals surface area contributed by atoms with E-state index in [4.69, 9.17) is 21.1 Å². The van der Waals surface area contributed by atoms with Crippen LogP contribution in [0.15, 0.2) is 84.9 Å². The third kappa shape index (κ3) is 3.24. The van der Waals surface area contributed by atoms with Gasteiger partial charge in [0, 0.05) is 11.6 Å². The van der Waals surface area contributed by atoms with Crippen LogP contribution in [-0.2, 0) is 20.8 Å². The first kappa shape index (κ1) is 19.9. The molecule has 4 saturated heterocycles. The van der Waals surface area contributed by atoms with Crippen molar-refractivity contribution >= 4 is 17.5 Å². The summed E-state index contributed by atoms with van der Waals surface area (Å²) in [5.41, 5.74) is 3.28. The Bertz CT molecular complexity index is 1110. The fourth-order valence-electron chi connectivity index (χ4n) is 5.22. The van der Waals surface area contributed by atoms with Gasteiger partial charge >= 0.3 is 0 Å². The summed E-state index contributed by atoms with van der Waals surface area (Å²) >= 11 is 6.15. The second-order valence-electron chi connectivity index (χ2n) is 8.50. The van der Waals surface area contributed by atoms with Crippen molar-refractivity contribution in [2.75, 3.05) is 6.61 Å². The molecule has 5 atom stereocenters. The van der Waals surface area contributed by atoms with E-state index in [1.165, 1.54) is 5.56 Å². The number of morpholine rings is 3. The van der Waals surface area contributed by atoms with Crippen molar-refractivity contribution in [3.05, 3.63) is 107 Å². The summed E-state index contributed by atoms with van der Waals surface area (Å²) in [5.74, 6) is 0.0210. The van der Waals surface area contributed by atoms with Gasteiger partial charge in [-0.05, 0) is 28.8 Å². The standard InChI is InChI=1S/C26H23ClN2O3/c27-20-13-11-19(12-14-20)22-23-25(30)29-21(18-9-5-2-6-10-18)16-31-26(32-23)24(29)28(22)15-17-7-3-1-4-8-17/h1-14,21-24,26H,15-16H2/t21-,22+,23-,24?,26+/m0/s1. The van der Waals surface area contributed by atoms with Crippen LogP contribution in [0.2, 0.25) is 5.02 Å². The lowest BCUT2D eigenvalue weighted by molar-refractivity contribution is -0.339. The van der Waals surface area contributed by atoms with Gasteiger partial charge in [-0.25, -0.2) is 0 Å². The average molecular weight is 447 g/mol. The van der Waals surface area contributed by atoms with Crippen LogP contribution in [0, 0.1) is 0 Å². The van der Waals surface area contributed by atoms with Crippen molar-refractivity contribution in [2.24, 2.45) is 0 Å². The van der Waals surface area contributed by atoms with Crippen LogP contribution < -0.4 is 0 Å². The molecule has 4 bridgehead atoms. The molecule has 3 aromatic rings. The first-order valence-corrected chi connectivity index (χ1v) is 11.3. The van der Waals surface area contributed by atoms with Crippen molar-refractivity contribution in [1.82, 2.24) is 9.80 Å². The van der Waals surface area contributed by atoms with E-state index in [0.717, 1.165) is 11.1 Å². The van der Waals surface area contributed by atoms with Gasteiger partial charge in [0.15, 0.2) is 12.4 Å². The quantitative estimate of drug-likeness (QED) is 0.589. The Balaban J connectivity index is 1.44. The first-order chi connectivity index (χ1) is 15.7. The molecule has 0 N–H and O–H groups in total. The lowest BCUT2D eigenvalue weighted by atomic mass is 9.88. The lowest BCUT2D eigenvalue weighted by Gasteiger charge is -2.62. The van der Waals surface area contributed by atoms with Crippen LogP contribution in [-0.4, -0.2) is 40.9 Å². The van der Waals surface area contributed by atoms with Gasteiger partial charge in [0.05, 0.1) is 18.7 Å². The van der Waals surface area contributed by atoms with Gasteiger partial charge in [-0.3, -0.25) is 9.69 Å². The van der Waals surface area contributed by atoms with E-state index < -0.39 is 12.4 Å². The average Bonchev–Trinajstić information content (AvgIpc) is 2.84. The Morgan fingerprint density at radius 2 is 1.56 bits per heavy atom. The van der Waals surface area contributed by atoms with Crippen molar-refractivity contribution in [2.45, 2.75) is 37.2 Å². The number of nitrogens with zero attached hydrogens (tertiary/aromatic N) is 2. The zero-order chi connectivity index (χ0) is 21.7. The Morgan fingerprint density at radius 3 is 2.28 bits per heavy atom. The number of ether oxygens (including phenoxy) is 2. The van der Waals surface area contributed by atoms with Crippen molar-refractivity contribution in [1.29, 1.82) is 0 Å². The Hall–Kier alpha value is -2.70. The maximum Gasteiger partial charge on any atom is 0.255 e. The van der Waals surface area contributed by atoms with Crippen LogP contribution >= 0.6 is 11.6 Å². The molecule has 0 radical (unpaired) electrons. The molecule has 4 fully saturated rings. The molecule has 0 aliphatic carbocycles. The molecule has 7 rings (SSSR count). The first-order valence-electron chi connectivity index (χ1n) is 10.9. The fourth-order valence-corrected chi connectivity index (χ4v) is 5.35. The lowest BCUT2D eigenvalue weighted by Crippen LogP contribution is -2.76. The molecule has 5 nitrogen and oxygen atoms in total. The maximum atomic E-state index is 13.7. The number of benzene rings is 3. The minimum absolute atomic E-state index is 0.0210. The third-order valence-corrected chi connectivity index (χ3v) is 6.90. The van der Waals surface area contributed by atoms with Crippen molar-refractivity contribution in [3.63, 3.8) is 0 Å². The second-order valence-corrected chi connectivity index (χ2v) is 8.93. The number of fused-ring (bicyclic) bond motifs is 1. The normalized spacial score (nSPS) is 29.3. The summed E-state index contributed by atoms with van der Waals surface area (Å²) in [6, 6.07) is 27.8. The number of carbonyl (C=O) groups is 1. The highest BCUT2D eigenvalue weighted by Crippen LogP contribution is 2.48. The van der Waals surface area contributed by atoms with E-state index in [1.54, 1.807) is 0 Å². The van der Waals surface area contributed by atoms with Crippen LogP contribution in [0.25, 0.3) is 0 Å². The Morgan fingerprint density at radius 1 is 0.875 bits per heavy atom. The molecule has 4 aliphatic heterocycles. The topological polar surface area (TPSA) is 42.0 Å². The van der Waals surface area contributed by atoms with Crippen LogP contribution in [0.5, 0.6) is 0 Å². The molecule has 3 aromatic carbocycles. The molecule has 4 heterocycles. The second kappa shape index (κ2) is 8.01. The highest BCUT2D eigenvalue weighted by Gasteiger charge is 2.61. The maximum absolute atomic E-state index is 13.7. The van der Waals surface area contributed by atoms with Gasteiger partial charge in [-0.15, -0.1) is 0 Å². The summed E-state index contributed by atoms with van der Waals surface area (Å²) in [6.07, 6.45) is -1.42. The van der Waals surface area contributed by atoms with E-state index in [9.17, 15) is 4.79 Å². The Kier molecular flexibility index (Phi) is 5.00. The van der Waals surface area contributed by atoms with Gasteiger partial charge in [-0.2, -0.15) is 0 Å². The van der Waals surface area contributed by atoms with E-state index >= 15 is 0 Å². The molecule has 6 heteroatoms. The number of hydrogen-bond donors (Lipinski definition) is 0. The van der Waals surface area contributed by atoms with E-state index in [0.29, 0.717) is 18.2 Å². The molecular formula is C26H23ClN2O3. The van der Waals surface area contributed by atoms with Gasteiger partial charge in [0.25, 0.3) is 5.91 Å². The van der Waals surface area contributed by atoms with E-state index in [2.05, 4.69) is 29.2 Å². The number of rotatable bonds is 4. The summed E-state index contributed by atoms with van der Waals surface area (Å²) < 4.78 is 12.4. The van der Waals surface area contributed by atoms with Gasteiger partial charge in [0.1, 0.15) is 6.17 Å². The predicted octanol–water partition coefficient (Wildman–Crippen LogP) is 4.55. The number of hydrogen-bond acceptors (Lipinski definition) is 4. The van der Waals surface area contributed by atoms with E-state index in [1.807, 2.05) is 65.6 Å². The zero-order valence-corrected chi connectivity index (χ0v) is 18.1. The van der Waals surface area contributed by atoms with E-state index in [-0.39, 0.29) is 24.2 Å². The minimum Gasteiger partial charge on any atom is -0.347 e. The number of carbonyl (C=O) groups excluding carboxylic acids is 1.